The molecule has 0 radical (unpaired) electrons. The molecule has 18 heavy (non-hydrogen) atoms. The van der Waals surface area contributed by atoms with Crippen LogP contribution < -0.4 is 0 Å². The van der Waals surface area contributed by atoms with Crippen molar-refractivity contribution < 1.29 is 0 Å². The highest BCUT2D eigenvalue weighted by molar-refractivity contribution is 5.05. The van der Waals surface area contributed by atoms with Crippen molar-refractivity contribution in [3.63, 3.8) is 0 Å². The molecule has 1 fully saturated rings. The van der Waals surface area contributed by atoms with Crippen molar-refractivity contribution in [3.05, 3.63) is 30.1 Å². The number of nitrogens with zero attached hydrogens (tertiary/aromatic N) is 5. The van der Waals surface area contributed by atoms with Crippen LogP contribution in [0.5, 0.6) is 0 Å². The zero-order valence-electron chi connectivity index (χ0n) is 10.6. The van der Waals surface area contributed by atoms with E-state index in [0.717, 1.165) is 25.3 Å². The molecule has 1 aliphatic rings. The van der Waals surface area contributed by atoms with Gasteiger partial charge in [0.15, 0.2) is 0 Å². The number of piperidine rings is 1. The lowest BCUT2D eigenvalue weighted by Crippen LogP contribution is -2.32. The van der Waals surface area contributed by atoms with Gasteiger partial charge in [-0.3, -0.25) is 9.58 Å². The van der Waals surface area contributed by atoms with Crippen LogP contribution in [-0.2, 0) is 13.6 Å². The third kappa shape index (κ3) is 2.43. The topological polar surface area (TPSA) is 62.6 Å². The van der Waals surface area contributed by atoms with E-state index in [1.807, 2.05) is 19.4 Å². The van der Waals surface area contributed by atoms with E-state index in [1.54, 1.807) is 11.0 Å². The Kier molecular flexibility index (Phi) is 3.10. The van der Waals surface area contributed by atoms with Crippen LogP contribution in [0.25, 0.3) is 0 Å². The Hall–Kier alpha value is -1.69. The fourth-order valence-electron chi connectivity index (χ4n) is 2.59. The smallest absolute Gasteiger partial charge is 0.0966 e. The quantitative estimate of drug-likeness (QED) is 0.874. The highest BCUT2D eigenvalue weighted by atomic mass is 15.4. The first kappa shape index (κ1) is 11.4. The Morgan fingerprint density at radius 1 is 1.39 bits per heavy atom. The highest BCUT2D eigenvalue weighted by Gasteiger charge is 2.21. The van der Waals surface area contributed by atoms with E-state index in [9.17, 15) is 0 Å². The molecular formula is C12H18N6. The van der Waals surface area contributed by atoms with Gasteiger partial charge in [-0.25, -0.2) is 4.98 Å². The number of H-pyrrole nitrogens is 1. The van der Waals surface area contributed by atoms with Crippen LogP contribution in [0.3, 0.4) is 0 Å². The van der Waals surface area contributed by atoms with Crippen LogP contribution in [0, 0.1) is 0 Å². The van der Waals surface area contributed by atoms with Crippen LogP contribution in [0.2, 0.25) is 0 Å². The minimum absolute atomic E-state index is 0.630. The van der Waals surface area contributed by atoms with E-state index in [1.165, 1.54) is 18.5 Å². The third-order valence-electron chi connectivity index (χ3n) is 3.58. The summed E-state index contributed by atoms with van der Waals surface area (Å²) in [6.45, 7) is 3.13. The first-order valence-electron chi connectivity index (χ1n) is 6.37. The van der Waals surface area contributed by atoms with Gasteiger partial charge in [0.1, 0.15) is 0 Å². The normalized spacial score (nSPS) is 18.3. The van der Waals surface area contributed by atoms with Gasteiger partial charge in [-0.2, -0.15) is 0 Å². The monoisotopic (exact) mass is 246 g/mol. The predicted octanol–water partition coefficient (Wildman–Crippen LogP) is 0.918. The first-order valence-corrected chi connectivity index (χ1v) is 6.37. The van der Waals surface area contributed by atoms with Crippen LogP contribution >= 0.6 is 0 Å². The zero-order chi connectivity index (χ0) is 12.4. The van der Waals surface area contributed by atoms with E-state index in [0.29, 0.717) is 5.92 Å². The average Bonchev–Trinajstić information content (AvgIpc) is 3.02. The molecule has 0 unspecified atom stereocenters. The van der Waals surface area contributed by atoms with Gasteiger partial charge in [-0.05, 0) is 25.9 Å². The maximum absolute atomic E-state index is 4.13. The summed E-state index contributed by atoms with van der Waals surface area (Å²) in [5.74, 6) is 0.630. The van der Waals surface area contributed by atoms with Crippen molar-refractivity contribution in [1.82, 2.24) is 29.9 Å². The second-order valence-electron chi connectivity index (χ2n) is 4.94. The Bertz CT molecular complexity index is 480. The average molecular weight is 246 g/mol. The summed E-state index contributed by atoms with van der Waals surface area (Å²) in [7, 11) is 1.90. The molecule has 2 aromatic rings. The Morgan fingerprint density at radius 2 is 2.22 bits per heavy atom. The lowest BCUT2D eigenvalue weighted by Gasteiger charge is -2.30. The van der Waals surface area contributed by atoms with E-state index < -0.39 is 0 Å². The molecule has 1 saturated heterocycles. The standard InChI is InChI=1S/C12H18N6/c1-17-7-11(15-16-17)8-18-4-2-10(3-5-18)12-6-13-9-14-12/h6-7,9-10H,2-5,8H2,1H3,(H,13,14). The van der Waals surface area contributed by atoms with Crippen molar-refractivity contribution in [3.8, 4) is 0 Å². The zero-order valence-corrected chi connectivity index (χ0v) is 10.6. The summed E-state index contributed by atoms with van der Waals surface area (Å²) in [5, 5.41) is 8.10. The number of hydrogen-bond donors (Lipinski definition) is 1. The lowest BCUT2D eigenvalue weighted by atomic mass is 9.94. The summed E-state index contributed by atoms with van der Waals surface area (Å²) in [6, 6.07) is 0. The number of rotatable bonds is 3. The van der Waals surface area contributed by atoms with E-state index >= 15 is 0 Å². The molecule has 0 bridgehead atoms. The van der Waals surface area contributed by atoms with Gasteiger partial charge in [0.2, 0.25) is 0 Å². The Morgan fingerprint density at radius 3 is 2.83 bits per heavy atom. The minimum atomic E-state index is 0.630. The van der Waals surface area contributed by atoms with Gasteiger partial charge < -0.3 is 4.98 Å². The molecule has 6 nitrogen and oxygen atoms in total. The summed E-state index contributed by atoms with van der Waals surface area (Å²) in [6.07, 6.45) is 8.07. The van der Waals surface area contributed by atoms with Gasteiger partial charge in [0, 0.05) is 37.6 Å². The second-order valence-corrected chi connectivity index (χ2v) is 4.94. The fourth-order valence-corrected chi connectivity index (χ4v) is 2.59. The molecule has 6 heteroatoms. The van der Waals surface area contributed by atoms with Crippen molar-refractivity contribution in [2.45, 2.75) is 25.3 Å². The number of aryl methyl sites for hydroxylation is 1. The van der Waals surface area contributed by atoms with Gasteiger partial charge in [-0.15, -0.1) is 5.10 Å². The maximum atomic E-state index is 4.13. The van der Waals surface area contributed by atoms with E-state index in [2.05, 4.69) is 25.2 Å². The second kappa shape index (κ2) is 4.89. The summed E-state index contributed by atoms with van der Waals surface area (Å²) in [4.78, 5) is 9.76. The molecule has 1 N–H and O–H groups in total. The molecule has 0 aromatic carbocycles. The Labute approximate surface area is 106 Å². The highest BCUT2D eigenvalue weighted by Crippen LogP contribution is 2.26. The summed E-state index contributed by atoms with van der Waals surface area (Å²) in [5.41, 5.74) is 2.33. The molecule has 3 rings (SSSR count). The molecule has 0 aliphatic carbocycles. The van der Waals surface area contributed by atoms with Crippen LogP contribution in [0.15, 0.2) is 18.7 Å². The maximum Gasteiger partial charge on any atom is 0.0966 e. The number of nitrogens with one attached hydrogen (secondary N) is 1. The fraction of sp³-hybridized carbons (Fsp3) is 0.583. The molecule has 96 valence electrons. The number of aromatic amines is 1. The van der Waals surface area contributed by atoms with Gasteiger partial charge in [0.05, 0.1) is 12.0 Å². The van der Waals surface area contributed by atoms with Crippen molar-refractivity contribution in [2.24, 2.45) is 7.05 Å². The first-order chi connectivity index (χ1) is 8.81. The van der Waals surface area contributed by atoms with Gasteiger partial charge in [-0.1, -0.05) is 5.21 Å². The number of imidazole rings is 1. The number of likely N-dealkylation sites (tertiary alicyclic amines) is 1. The molecule has 0 spiro atoms. The van der Waals surface area contributed by atoms with Crippen LogP contribution in [0.4, 0.5) is 0 Å². The molecule has 0 saturated carbocycles. The predicted molar refractivity (Wildman–Crippen MR) is 66.8 cm³/mol. The molecule has 1 aliphatic heterocycles. The van der Waals surface area contributed by atoms with Crippen LogP contribution in [0.1, 0.15) is 30.1 Å². The van der Waals surface area contributed by atoms with E-state index in [-0.39, 0.29) is 0 Å². The Balaban J connectivity index is 1.54. The largest absolute Gasteiger partial charge is 0.348 e. The third-order valence-corrected chi connectivity index (χ3v) is 3.58. The van der Waals surface area contributed by atoms with E-state index in [4.69, 9.17) is 0 Å². The molecule has 0 atom stereocenters. The van der Waals surface area contributed by atoms with Crippen molar-refractivity contribution in [2.75, 3.05) is 13.1 Å². The minimum Gasteiger partial charge on any atom is -0.348 e. The molecular weight excluding hydrogens is 228 g/mol. The van der Waals surface area contributed by atoms with Crippen molar-refractivity contribution >= 4 is 0 Å². The van der Waals surface area contributed by atoms with Crippen LogP contribution in [-0.4, -0.2) is 43.0 Å². The lowest BCUT2D eigenvalue weighted by molar-refractivity contribution is 0.201. The number of aromatic nitrogens is 5. The summed E-state index contributed by atoms with van der Waals surface area (Å²) < 4.78 is 1.76. The van der Waals surface area contributed by atoms with Gasteiger partial charge in [0.25, 0.3) is 0 Å². The molecule has 0 amide bonds. The van der Waals surface area contributed by atoms with Gasteiger partial charge >= 0.3 is 0 Å². The molecule has 2 aromatic heterocycles. The number of hydrogen-bond acceptors (Lipinski definition) is 4. The van der Waals surface area contributed by atoms with Crippen molar-refractivity contribution in [1.29, 1.82) is 0 Å². The summed E-state index contributed by atoms with van der Waals surface area (Å²) >= 11 is 0. The SMILES string of the molecule is Cn1cc(CN2CCC(c3cnc[nH]3)CC2)nn1. The molecule has 3 heterocycles.